The smallest absolute Gasteiger partial charge is 0.343 e. The molecule has 0 bridgehead atoms. The van der Waals surface area contributed by atoms with Crippen LogP contribution in [0.2, 0.25) is 0 Å². The summed E-state index contributed by atoms with van der Waals surface area (Å²) in [5.41, 5.74) is 7.22. The summed E-state index contributed by atoms with van der Waals surface area (Å²) in [6.45, 7) is 9.05. The third-order valence-electron chi connectivity index (χ3n) is 5.69. The van der Waals surface area contributed by atoms with Crippen molar-refractivity contribution < 1.29 is 33.4 Å². The second-order valence-corrected chi connectivity index (χ2v) is 8.63. The molecule has 2 aromatic carbocycles. The molecular weight excluding hydrogens is 514 g/mol. The summed E-state index contributed by atoms with van der Waals surface area (Å²) in [4.78, 5) is 51.9. The Hall–Kier alpha value is -4.73. The molecule has 212 valence electrons. The highest BCUT2D eigenvalue weighted by Gasteiger charge is 2.31. The van der Waals surface area contributed by atoms with Crippen molar-refractivity contribution in [2.24, 2.45) is 5.73 Å². The number of benzene rings is 2. The molecule has 1 atom stereocenters. The summed E-state index contributed by atoms with van der Waals surface area (Å²) in [6.07, 6.45) is 3.11. The van der Waals surface area contributed by atoms with Crippen LogP contribution in [0.3, 0.4) is 0 Å². The second kappa shape index (κ2) is 15.6. The van der Waals surface area contributed by atoms with Crippen LogP contribution in [0.4, 0.5) is 0 Å². The number of carbonyl (C=O) groups excluding carboxylic acids is 4. The number of rotatable bonds is 14. The van der Waals surface area contributed by atoms with Gasteiger partial charge in [-0.15, -0.1) is 6.58 Å². The van der Waals surface area contributed by atoms with Gasteiger partial charge in [-0.25, -0.2) is 9.59 Å². The number of nitrogens with one attached hydrogen (secondary N) is 1. The standard InChI is InChI=1S/C30H35N3O7/c1-5-18-33(25(30(37)39-7-3)16-17-26(34)38-6-2)28(35)20(4)19-21-8-10-23(11-9-21)29(36)40-24-14-12-22(13-15-24)27(31)32/h5,8-15,19,25H,1,6-7,16-18H2,2-4H3,(H3,31,32)/b20-19+/t25-/m0/s1. The van der Waals surface area contributed by atoms with Crippen molar-refractivity contribution in [3.63, 3.8) is 0 Å². The van der Waals surface area contributed by atoms with Crippen molar-refractivity contribution in [2.75, 3.05) is 19.8 Å². The molecule has 40 heavy (non-hydrogen) atoms. The van der Waals surface area contributed by atoms with E-state index in [-0.39, 0.29) is 38.4 Å². The maximum atomic E-state index is 13.4. The summed E-state index contributed by atoms with van der Waals surface area (Å²) < 4.78 is 15.5. The fraction of sp³-hybridized carbons (Fsp3) is 0.300. The number of amidine groups is 1. The molecule has 0 aliphatic heterocycles. The van der Waals surface area contributed by atoms with Crippen LogP contribution in [0.5, 0.6) is 5.75 Å². The summed E-state index contributed by atoms with van der Waals surface area (Å²) in [5, 5.41) is 7.43. The van der Waals surface area contributed by atoms with Crippen molar-refractivity contribution in [3.8, 4) is 5.75 Å². The number of hydrogen-bond donors (Lipinski definition) is 2. The average molecular weight is 550 g/mol. The number of nitrogens with zero attached hydrogens (tertiary/aromatic N) is 1. The van der Waals surface area contributed by atoms with Gasteiger partial charge in [0.25, 0.3) is 5.91 Å². The monoisotopic (exact) mass is 549 g/mol. The first-order chi connectivity index (χ1) is 19.1. The van der Waals surface area contributed by atoms with Crippen LogP contribution in [0, 0.1) is 5.41 Å². The molecule has 0 aliphatic rings. The van der Waals surface area contributed by atoms with E-state index in [1.165, 1.54) is 11.0 Å². The zero-order valence-corrected chi connectivity index (χ0v) is 23.0. The molecular formula is C30H35N3O7. The number of amides is 1. The molecule has 0 aliphatic carbocycles. The molecule has 0 aromatic heterocycles. The molecule has 0 saturated carbocycles. The molecule has 0 radical (unpaired) electrons. The van der Waals surface area contributed by atoms with E-state index in [4.69, 9.17) is 25.4 Å². The lowest BCUT2D eigenvalue weighted by atomic mass is 10.1. The number of nitrogens with two attached hydrogens (primary N) is 1. The summed E-state index contributed by atoms with van der Waals surface area (Å²) in [5.74, 6) is -1.87. The molecule has 3 N–H and O–H groups in total. The minimum Gasteiger partial charge on any atom is -0.466 e. The van der Waals surface area contributed by atoms with Crippen molar-refractivity contribution in [1.82, 2.24) is 4.90 Å². The lowest BCUT2D eigenvalue weighted by Crippen LogP contribution is -2.46. The van der Waals surface area contributed by atoms with Gasteiger partial charge in [-0.2, -0.15) is 0 Å². The highest BCUT2D eigenvalue weighted by Crippen LogP contribution is 2.18. The fourth-order valence-electron chi connectivity index (χ4n) is 3.74. The SMILES string of the molecule is C=CCN(C(=O)/C(C)=C/c1ccc(C(=O)Oc2ccc(C(=N)N)cc2)cc1)[C@@H](CCC(=O)OCC)C(=O)OCC. The fourth-order valence-corrected chi connectivity index (χ4v) is 3.74. The van der Waals surface area contributed by atoms with E-state index in [2.05, 4.69) is 6.58 Å². The Balaban J connectivity index is 2.18. The van der Waals surface area contributed by atoms with Crippen molar-refractivity contribution in [2.45, 2.75) is 39.7 Å². The van der Waals surface area contributed by atoms with Gasteiger partial charge in [0.15, 0.2) is 0 Å². The molecule has 0 unspecified atom stereocenters. The molecule has 0 heterocycles. The Morgan fingerprint density at radius 2 is 1.57 bits per heavy atom. The molecule has 0 fully saturated rings. The van der Waals surface area contributed by atoms with E-state index in [1.54, 1.807) is 75.4 Å². The van der Waals surface area contributed by atoms with Crippen LogP contribution in [-0.4, -0.2) is 60.4 Å². The van der Waals surface area contributed by atoms with Crippen LogP contribution in [0.15, 0.2) is 66.8 Å². The number of esters is 3. The van der Waals surface area contributed by atoms with Crippen molar-refractivity contribution >= 4 is 35.7 Å². The van der Waals surface area contributed by atoms with E-state index in [1.807, 2.05) is 0 Å². The maximum absolute atomic E-state index is 13.4. The minimum absolute atomic E-state index is 0.0405. The highest BCUT2D eigenvalue weighted by atomic mass is 16.5. The minimum atomic E-state index is -1.00. The number of nitrogen functional groups attached to an aromatic ring is 1. The van der Waals surface area contributed by atoms with Crippen molar-refractivity contribution in [3.05, 3.63) is 83.4 Å². The quantitative estimate of drug-likeness (QED) is 0.0900. The van der Waals surface area contributed by atoms with Crippen LogP contribution in [-0.2, 0) is 23.9 Å². The van der Waals surface area contributed by atoms with Gasteiger partial charge in [-0.1, -0.05) is 18.2 Å². The molecule has 1 amide bonds. The molecule has 2 rings (SSSR count). The van der Waals surface area contributed by atoms with Gasteiger partial charge in [0.2, 0.25) is 0 Å². The van der Waals surface area contributed by atoms with Gasteiger partial charge in [-0.05, 0) is 75.2 Å². The summed E-state index contributed by atoms with van der Waals surface area (Å²) in [6, 6.07) is 11.7. The zero-order chi connectivity index (χ0) is 29.7. The average Bonchev–Trinajstić information content (AvgIpc) is 2.93. The summed E-state index contributed by atoms with van der Waals surface area (Å²) >= 11 is 0. The Bertz CT molecular complexity index is 1250. The lowest BCUT2D eigenvalue weighted by molar-refractivity contribution is -0.154. The predicted octanol–water partition coefficient (Wildman–Crippen LogP) is 3.88. The van der Waals surface area contributed by atoms with Gasteiger partial charge in [0, 0.05) is 24.1 Å². The Kier molecular flexibility index (Phi) is 12.3. The Labute approximate surface area is 233 Å². The molecule has 10 heteroatoms. The second-order valence-electron chi connectivity index (χ2n) is 8.63. The third kappa shape index (κ3) is 9.23. The van der Waals surface area contributed by atoms with E-state index < -0.39 is 29.9 Å². The molecule has 0 saturated heterocycles. The van der Waals surface area contributed by atoms with E-state index >= 15 is 0 Å². The van der Waals surface area contributed by atoms with Crippen LogP contribution in [0.1, 0.15) is 55.1 Å². The van der Waals surface area contributed by atoms with E-state index in [0.717, 1.165) is 0 Å². The van der Waals surface area contributed by atoms with Gasteiger partial charge < -0.3 is 24.8 Å². The first-order valence-corrected chi connectivity index (χ1v) is 12.8. The zero-order valence-electron chi connectivity index (χ0n) is 23.0. The topological polar surface area (TPSA) is 149 Å². The number of ether oxygens (including phenoxy) is 3. The van der Waals surface area contributed by atoms with E-state index in [0.29, 0.717) is 28.0 Å². The number of carbonyl (C=O) groups is 4. The first kappa shape index (κ1) is 31.5. The van der Waals surface area contributed by atoms with Crippen LogP contribution < -0.4 is 10.5 Å². The largest absolute Gasteiger partial charge is 0.466 e. The first-order valence-electron chi connectivity index (χ1n) is 12.8. The molecule has 0 spiro atoms. The van der Waals surface area contributed by atoms with Crippen LogP contribution in [0.25, 0.3) is 6.08 Å². The van der Waals surface area contributed by atoms with Crippen molar-refractivity contribution in [1.29, 1.82) is 5.41 Å². The van der Waals surface area contributed by atoms with Gasteiger partial charge in [0.05, 0.1) is 18.8 Å². The van der Waals surface area contributed by atoms with Gasteiger partial charge in [-0.3, -0.25) is 15.0 Å². The highest BCUT2D eigenvalue weighted by molar-refractivity contribution is 6.00. The number of hydrogen-bond acceptors (Lipinski definition) is 8. The summed E-state index contributed by atoms with van der Waals surface area (Å²) in [7, 11) is 0. The Morgan fingerprint density at radius 3 is 2.12 bits per heavy atom. The van der Waals surface area contributed by atoms with Gasteiger partial charge >= 0.3 is 17.9 Å². The maximum Gasteiger partial charge on any atom is 0.343 e. The third-order valence-corrected chi connectivity index (χ3v) is 5.69. The van der Waals surface area contributed by atoms with Gasteiger partial charge in [0.1, 0.15) is 17.6 Å². The van der Waals surface area contributed by atoms with Crippen LogP contribution >= 0.6 is 0 Å². The molecule has 2 aromatic rings. The normalized spacial score (nSPS) is 11.6. The lowest BCUT2D eigenvalue weighted by Gasteiger charge is -2.29. The predicted molar refractivity (Wildman–Crippen MR) is 151 cm³/mol. The van der Waals surface area contributed by atoms with E-state index in [9.17, 15) is 19.2 Å². The molecule has 10 nitrogen and oxygen atoms in total. The Morgan fingerprint density at radius 1 is 0.975 bits per heavy atom.